The molecular formula is C11H20O4. The van der Waals surface area contributed by atoms with Crippen molar-refractivity contribution in [1.29, 1.82) is 0 Å². The zero-order chi connectivity index (χ0) is 11.7. The summed E-state index contributed by atoms with van der Waals surface area (Å²) in [6.45, 7) is 4.14. The fourth-order valence-electron chi connectivity index (χ4n) is 1.34. The van der Waals surface area contributed by atoms with Gasteiger partial charge in [0.05, 0.1) is 26.1 Å². The van der Waals surface area contributed by atoms with Crippen molar-refractivity contribution < 1.29 is 19.1 Å². The minimum Gasteiger partial charge on any atom is -0.469 e. The van der Waals surface area contributed by atoms with Crippen LogP contribution in [-0.4, -0.2) is 25.7 Å². The highest BCUT2D eigenvalue weighted by Crippen LogP contribution is 2.15. The quantitative estimate of drug-likeness (QED) is 0.610. The summed E-state index contributed by atoms with van der Waals surface area (Å²) in [7, 11) is 1.34. The van der Waals surface area contributed by atoms with E-state index in [1.54, 1.807) is 6.92 Å². The lowest BCUT2D eigenvalue weighted by Crippen LogP contribution is -2.21. The molecule has 0 aliphatic rings. The van der Waals surface area contributed by atoms with E-state index in [1.807, 2.05) is 6.92 Å². The van der Waals surface area contributed by atoms with Crippen molar-refractivity contribution in [2.45, 2.75) is 39.5 Å². The Morgan fingerprint density at radius 1 is 1.27 bits per heavy atom. The summed E-state index contributed by atoms with van der Waals surface area (Å²) in [5.74, 6) is -1.01. The van der Waals surface area contributed by atoms with Crippen molar-refractivity contribution in [2.75, 3.05) is 13.7 Å². The van der Waals surface area contributed by atoms with E-state index in [4.69, 9.17) is 4.74 Å². The number of carbonyl (C=O) groups excluding carboxylic acids is 2. The minimum atomic E-state index is -0.353. The molecule has 1 unspecified atom stereocenters. The molecule has 0 rings (SSSR count). The lowest BCUT2D eigenvalue weighted by Gasteiger charge is -2.12. The average molecular weight is 216 g/mol. The summed E-state index contributed by atoms with van der Waals surface area (Å²) in [5, 5.41) is 0. The lowest BCUT2D eigenvalue weighted by molar-refractivity contribution is -0.153. The molecule has 88 valence electrons. The number of ether oxygens (including phenoxy) is 2. The summed E-state index contributed by atoms with van der Waals surface area (Å²) in [6, 6.07) is 0. The smallest absolute Gasteiger partial charge is 0.309 e. The van der Waals surface area contributed by atoms with Gasteiger partial charge in [-0.3, -0.25) is 9.59 Å². The van der Waals surface area contributed by atoms with Gasteiger partial charge in [0.2, 0.25) is 0 Å². The molecule has 0 radical (unpaired) electrons. The molecule has 0 N–H and O–H groups in total. The van der Waals surface area contributed by atoms with Gasteiger partial charge in [0.15, 0.2) is 0 Å². The van der Waals surface area contributed by atoms with Crippen LogP contribution in [0.4, 0.5) is 0 Å². The maximum atomic E-state index is 11.3. The van der Waals surface area contributed by atoms with Gasteiger partial charge >= 0.3 is 11.9 Å². The molecule has 0 fully saturated rings. The van der Waals surface area contributed by atoms with Crippen molar-refractivity contribution in [2.24, 2.45) is 5.92 Å². The Labute approximate surface area is 90.9 Å². The Kier molecular flexibility index (Phi) is 7.68. The van der Waals surface area contributed by atoms with Crippen LogP contribution >= 0.6 is 0 Å². The molecule has 15 heavy (non-hydrogen) atoms. The van der Waals surface area contributed by atoms with E-state index in [2.05, 4.69) is 4.74 Å². The zero-order valence-corrected chi connectivity index (χ0v) is 9.75. The zero-order valence-electron chi connectivity index (χ0n) is 9.75. The van der Waals surface area contributed by atoms with Crippen LogP contribution in [0, 0.1) is 5.92 Å². The van der Waals surface area contributed by atoms with E-state index >= 15 is 0 Å². The van der Waals surface area contributed by atoms with Gasteiger partial charge in [-0.2, -0.15) is 0 Å². The van der Waals surface area contributed by atoms with Gasteiger partial charge in [-0.1, -0.05) is 19.8 Å². The van der Waals surface area contributed by atoms with E-state index in [0.29, 0.717) is 13.0 Å². The topological polar surface area (TPSA) is 52.6 Å². The standard InChI is InChI=1S/C11H20O4/c1-4-6-7-9(11(13)14-3)8-10(12)15-5-2/h9H,4-8H2,1-3H3. The number of carbonyl (C=O) groups is 2. The number of esters is 2. The number of hydrogen-bond acceptors (Lipinski definition) is 4. The number of unbranched alkanes of at least 4 members (excludes halogenated alkanes) is 1. The largest absolute Gasteiger partial charge is 0.469 e. The Morgan fingerprint density at radius 2 is 1.93 bits per heavy atom. The summed E-state index contributed by atoms with van der Waals surface area (Å²) in [5.41, 5.74) is 0. The molecule has 0 spiro atoms. The van der Waals surface area contributed by atoms with Crippen molar-refractivity contribution >= 4 is 11.9 Å². The van der Waals surface area contributed by atoms with Crippen LogP contribution in [0.15, 0.2) is 0 Å². The first-order valence-corrected chi connectivity index (χ1v) is 5.39. The Hall–Kier alpha value is -1.06. The van der Waals surface area contributed by atoms with E-state index in [1.165, 1.54) is 7.11 Å². The summed E-state index contributed by atoms with van der Waals surface area (Å²) >= 11 is 0. The Bertz CT molecular complexity index is 201. The van der Waals surface area contributed by atoms with Crippen molar-refractivity contribution in [3.8, 4) is 0 Å². The second kappa shape index (κ2) is 8.26. The summed E-state index contributed by atoms with van der Waals surface area (Å²) in [6.07, 6.45) is 2.72. The molecule has 0 saturated heterocycles. The maximum absolute atomic E-state index is 11.3. The molecule has 0 aromatic heterocycles. The normalized spacial score (nSPS) is 11.9. The van der Waals surface area contributed by atoms with Gasteiger partial charge in [0.25, 0.3) is 0 Å². The molecule has 0 aliphatic carbocycles. The van der Waals surface area contributed by atoms with Crippen LogP contribution in [0.5, 0.6) is 0 Å². The molecule has 4 nitrogen and oxygen atoms in total. The van der Waals surface area contributed by atoms with E-state index in [9.17, 15) is 9.59 Å². The molecular weight excluding hydrogens is 196 g/mol. The second-order valence-electron chi connectivity index (χ2n) is 3.37. The fourth-order valence-corrected chi connectivity index (χ4v) is 1.34. The highest BCUT2D eigenvalue weighted by atomic mass is 16.5. The first kappa shape index (κ1) is 13.9. The van der Waals surface area contributed by atoms with Crippen molar-refractivity contribution in [3.05, 3.63) is 0 Å². The molecule has 0 aromatic rings. The van der Waals surface area contributed by atoms with Crippen LogP contribution in [0.25, 0.3) is 0 Å². The van der Waals surface area contributed by atoms with Crippen molar-refractivity contribution in [3.63, 3.8) is 0 Å². The highest BCUT2D eigenvalue weighted by Gasteiger charge is 2.22. The van der Waals surface area contributed by atoms with E-state index < -0.39 is 0 Å². The van der Waals surface area contributed by atoms with Gasteiger partial charge in [-0.15, -0.1) is 0 Å². The summed E-state index contributed by atoms with van der Waals surface area (Å²) < 4.78 is 9.44. The number of hydrogen-bond donors (Lipinski definition) is 0. The molecule has 0 saturated carbocycles. The van der Waals surface area contributed by atoms with Gasteiger partial charge in [-0.25, -0.2) is 0 Å². The molecule has 0 amide bonds. The van der Waals surface area contributed by atoms with Crippen LogP contribution in [0.3, 0.4) is 0 Å². The van der Waals surface area contributed by atoms with Crippen LogP contribution < -0.4 is 0 Å². The van der Waals surface area contributed by atoms with E-state index in [0.717, 1.165) is 12.8 Å². The molecule has 0 aromatic carbocycles. The molecule has 4 heteroatoms. The second-order valence-corrected chi connectivity index (χ2v) is 3.37. The predicted molar refractivity (Wildman–Crippen MR) is 56.3 cm³/mol. The number of methoxy groups -OCH3 is 1. The first-order chi connectivity index (χ1) is 7.15. The summed E-state index contributed by atoms with van der Waals surface area (Å²) in [4.78, 5) is 22.5. The van der Waals surface area contributed by atoms with Gasteiger partial charge in [0.1, 0.15) is 0 Å². The third kappa shape index (κ3) is 6.10. The highest BCUT2D eigenvalue weighted by molar-refractivity contribution is 5.79. The van der Waals surface area contributed by atoms with Crippen LogP contribution in [-0.2, 0) is 19.1 Å². The third-order valence-electron chi connectivity index (χ3n) is 2.16. The number of rotatable bonds is 7. The van der Waals surface area contributed by atoms with Gasteiger partial charge in [0, 0.05) is 0 Å². The predicted octanol–water partition coefficient (Wildman–Crippen LogP) is 1.92. The van der Waals surface area contributed by atoms with Crippen LogP contribution in [0.2, 0.25) is 0 Å². The molecule has 1 atom stereocenters. The molecule has 0 bridgehead atoms. The van der Waals surface area contributed by atoms with Gasteiger partial charge < -0.3 is 9.47 Å². The SMILES string of the molecule is CCCCC(CC(=O)OCC)C(=O)OC. The monoisotopic (exact) mass is 216 g/mol. The van der Waals surface area contributed by atoms with Gasteiger partial charge in [-0.05, 0) is 13.3 Å². The average Bonchev–Trinajstić information content (AvgIpc) is 2.23. The third-order valence-corrected chi connectivity index (χ3v) is 2.16. The Balaban J connectivity index is 4.11. The molecule has 0 heterocycles. The van der Waals surface area contributed by atoms with E-state index in [-0.39, 0.29) is 24.3 Å². The maximum Gasteiger partial charge on any atom is 0.309 e. The van der Waals surface area contributed by atoms with Crippen LogP contribution in [0.1, 0.15) is 39.5 Å². The van der Waals surface area contributed by atoms with Crippen molar-refractivity contribution in [1.82, 2.24) is 0 Å². The minimum absolute atomic E-state index is 0.126. The Morgan fingerprint density at radius 3 is 2.40 bits per heavy atom. The first-order valence-electron chi connectivity index (χ1n) is 5.39. The fraction of sp³-hybridized carbons (Fsp3) is 0.818. The lowest BCUT2D eigenvalue weighted by atomic mass is 9.99. The molecule has 0 aliphatic heterocycles.